The van der Waals surface area contributed by atoms with E-state index in [0.717, 1.165) is 12.8 Å². The van der Waals surface area contributed by atoms with Crippen molar-refractivity contribution in [1.82, 2.24) is 9.78 Å². The number of azide groups is 1. The molecule has 1 saturated carbocycles. The van der Waals surface area contributed by atoms with Crippen LogP contribution < -0.4 is 4.90 Å². The van der Waals surface area contributed by atoms with E-state index in [9.17, 15) is 15.2 Å². The number of nitrogens with zero attached hydrogens (tertiary/aromatic N) is 7. The van der Waals surface area contributed by atoms with E-state index >= 15 is 0 Å². The van der Waals surface area contributed by atoms with E-state index in [1.165, 1.54) is 10.9 Å². The van der Waals surface area contributed by atoms with Crippen molar-refractivity contribution in [2.24, 2.45) is 17.6 Å². The highest BCUT2D eigenvalue weighted by atomic mass is 16.6. The van der Waals surface area contributed by atoms with E-state index in [1.54, 1.807) is 7.05 Å². The lowest BCUT2D eigenvalue weighted by molar-refractivity contribution is -0.384. The van der Waals surface area contributed by atoms with Gasteiger partial charge < -0.3 is 10.0 Å². The molecular weight excluding hydrogens is 290 g/mol. The van der Waals surface area contributed by atoms with Crippen LogP contribution >= 0.6 is 0 Å². The second-order valence-corrected chi connectivity index (χ2v) is 6.02. The van der Waals surface area contributed by atoms with Crippen molar-refractivity contribution in [3.05, 3.63) is 26.8 Å². The maximum atomic E-state index is 11.2. The minimum absolute atomic E-state index is 0.0463. The number of aliphatic hydroxyl groups is 1. The van der Waals surface area contributed by atoms with Gasteiger partial charge in [0, 0.05) is 25.0 Å². The zero-order valence-corrected chi connectivity index (χ0v) is 12.2. The van der Waals surface area contributed by atoms with Crippen molar-refractivity contribution >= 4 is 11.5 Å². The van der Waals surface area contributed by atoms with Gasteiger partial charge in [-0.1, -0.05) is 5.11 Å². The molecule has 22 heavy (non-hydrogen) atoms. The molecule has 118 valence electrons. The van der Waals surface area contributed by atoms with Gasteiger partial charge in [-0.2, -0.15) is 5.10 Å². The number of anilines is 1. The number of nitro groups is 1. The third-order valence-corrected chi connectivity index (χ3v) is 4.65. The molecule has 2 atom stereocenters. The Morgan fingerprint density at radius 1 is 1.64 bits per heavy atom. The van der Waals surface area contributed by atoms with Crippen LogP contribution in [-0.2, 0) is 7.05 Å². The fraction of sp³-hybridized carbons (Fsp3) is 0.750. The van der Waals surface area contributed by atoms with Crippen LogP contribution in [0.1, 0.15) is 19.3 Å². The third-order valence-electron chi connectivity index (χ3n) is 4.65. The van der Waals surface area contributed by atoms with Gasteiger partial charge in [0.15, 0.2) is 0 Å². The maximum Gasteiger partial charge on any atom is 0.331 e. The summed E-state index contributed by atoms with van der Waals surface area (Å²) < 4.78 is 1.48. The van der Waals surface area contributed by atoms with Gasteiger partial charge >= 0.3 is 5.69 Å². The molecule has 2 unspecified atom stereocenters. The topological polar surface area (TPSA) is 133 Å². The number of aliphatic hydroxyl groups excluding tert-OH is 1. The number of hydrogen-bond donors (Lipinski definition) is 1. The number of hydrogen-bond acceptors (Lipinski definition) is 6. The molecule has 0 aromatic carbocycles. The Hall–Kier alpha value is -2.32. The maximum absolute atomic E-state index is 11.2. The first-order valence-corrected chi connectivity index (χ1v) is 7.12. The van der Waals surface area contributed by atoms with E-state index in [-0.39, 0.29) is 11.1 Å². The Morgan fingerprint density at radius 2 is 2.36 bits per heavy atom. The highest BCUT2D eigenvalue weighted by molar-refractivity contribution is 5.58. The molecule has 1 aromatic rings. The fourth-order valence-electron chi connectivity index (χ4n) is 3.37. The third kappa shape index (κ3) is 2.26. The van der Waals surface area contributed by atoms with Crippen LogP contribution in [0, 0.1) is 15.5 Å². The van der Waals surface area contributed by atoms with Crippen LogP contribution in [-0.4, -0.2) is 45.0 Å². The van der Waals surface area contributed by atoms with Crippen LogP contribution in [0.2, 0.25) is 0 Å². The van der Waals surface area contributed by atoms with Crippen molar-refractivity contribution in [1.29, 1.82) is 0 Å². The number of aryl methyl sites for hydroxylation is 1. The second-order valence-electron chi connectivity index (χ2n) is 6.02. The first kappa shape index (κ1) is 14.6. The van der Waals surface area contributed by atoms with Crippen LogP contribution in [0.3, 0.4) is 0 Å². The van der Waals surface area contributed by atoms with Gasteiger partial charge in [-0.05, 0) is 30.2 Å². The molecule has 1 spiro atoms. The first-order chi connectivity index (χ1) is 10.5. The molecule has 2 fully saturated rings. The zero-order chi connectivity index (χ0) is 15.9. The van der Waals surface area contributed by atoms with Crippen molar-refractivity contribution in [2.45, 2.75) is 31.4 Å². The van der Waals surface area contributed by atoms with Crippen LogP contribution in [0.4, 0.5) is 11.5 Å². The Kier molecular flexibility index (Phi) is 3.42. The summed E-state index contributed by atoms with van der Waals surface area (Å²) in [6.45, 7) is 0.981. The van der Waals surface area contributed by atoms with Crippen molar-refractivity contribution in [3.63, 3.8) is 0 Å². The van der Waals surface area contributed by atoms with Crippen molar-refractivity contribution < 1.29 is 10.0 Å². The summed E-state index contributed by atoms with van der Waals surface area (Å²) in [4.78, 5) is 15.5. The van der Waals surface area contributed by atoms with Crippen LogP contribution in [0.25, 0.3) is 10.4 Å². The van der Waals surface area contributed by atoms with Gasteiger partial charge in [-0.3, -0.25) is 10.1 Å². The van der Waals surface area contributed by atoms with Gasteiger partial charge in [0.05, 0.1) is 17.1 Å². The summed E-state index contributed by atoms with van der Waals surface area (Å²) in [5.74, 6) is 0.435. The van der Waals surface area contributed by atoms with Gasteiger partial charge in [-0.15, -0.1) is 0 Å². The lowest BCUT2D eigenvalue weighted by atomic mass is 9.92. The van der Waals surface area contributed by atoms with E-state index in [4.69, 9.17) is 5.53 Å². The average Bonchev–Trinajstić information content (AvgIpc) is 3.17. The predicted octanol–water partition coefficient (Wildman–Crippen LogP) is 1.36. The summed E-state index contributed by atoms with van der Waals surface area (Å²) >= 11 is 0. The summed E-state index contributed by atoms with van der Waals surface area (Å²) in [7, 11) is 1.66. The summed E-state index contributed by atoms with van der Waals surface area (Å²) in [5, 5.41) is 29.2. The summed E-state index contributed by atoms with van der Waals surface area (Å²) in [6.07, 6.45) is 2.59. The molecule has 1 aliphatic carbocycles. The van der Waals surface area contributed by atoms with E-state index in [1.807, 2.05) is 4.90 Å². The Balaban J connectivity index is 1.96. The zero-order valence-electron chi connectivity index (χ0n) is 12.2. The quantitative estimate of drug-likeness (QED) is 0.296. The Bertz CT molecular complexity index is 647. The second kappa shape index (κ2) is 5.15. The summed E-state index contributed by atoms with van der Waals surface area (Å²) in [5.41, 5.74) is 8.39. The average molecular weight is 307 g/mol. The fourth-order valence-corrected chi connectivity index (χ4v) is 3.37. The number of aromatic nitrogens is 2. The normalized spacial score (nSPS) is 26.4. The van der Waals surface area contributed by atoms with E-state index in [0.29, 0.717) is 25.3 Å². The Morgan fingerprint density at radius 3 is 2.95 bits per heavy atom. The summed E-state index contributed by atoms with van der Waals surface area (Å²) in [6, 6.07) is -0.477. The molecule has 1 N–H and O–H groups in total. The molecule has 0 amide bonds. The molecule has 1 aliphatic heterocycles. The first-order valence-electron chi connectivity index (χ1n) is 7.12. The number of rotatable bonds is 3. The molecule has 0 radical (unpaired) electrons. The van der Waals surface area contributed by atoms with E-state index < -0.39 is 17.1 Å². The molecule has 0 bridgehead atoms. The lowest BCUT2D eigenvalue weighted by Gasteiger charge is -2.27. The molecule has 1 saturated heterocycles. The highest BCUT2D eigenvalue weighted by Gasteiger charge is 2.54. The molecule has 10 nitrogen and oxygen atoms in total. The molecule has 10 heteroatoms. The molecule has 2 heterocycles. The van der Waals surface area contributed by atoms with Crippen LogP contribution in [0.5, 0.6) is 0 Å². The monoisotopic (exact) mass is 307 g/mol. The van der Waals surface area contributed by atoms with Crippen molar-refractivity contribution in [3.8, 4) is 0 Å². The van der Waals surface area contributed by atoms with Gasteiger partial charge in [0.25, 0.3) is 0 Å². The van der Waals surface area contributed by atoms with Gasteiger partial charge in [0.1, 0.15) is 6.20 Å². The van der Waals surface area contributed by atoms with E-state index in [2.05, 4.69) is 15.1 Å². The van der Waals surface area contributed by atoms with Gasteiger partial charge in [0.2, 0.25) is 5.82 Å². The molecule has 3 rings (SSSR count). The van der Waals surface area contributed by atoms with Crippen LogP contribution in [0.15, 0.2) is 11.3 Å². The smallest absolute Gasteiger partial charge is 0.331 e. The minimum Gasteiger partial charge on any atom is -0.393 e. The van der Waals surface area contributed by atoms with Gasteiger partial charge in [-0.25, -0.2) is 4.68 Å². The Labute approximate surface area is 126 Å². The van der Waals surface area contributed by atoms with Crippen molar-refractivity contribution in [2.75, 3.05) is 18.0 Å². The minimum atomic E-state index is -0.726. The standard InChI is InChI=1S/C12H17N7O3/c1-17-11(8(6-14-17)19(21)22)18-5-2-9(20)10(15-16-13)12(7-18)3-4-12/h6,9-10,20H,2-5,7H2,1H3. The highest BCUT2D eigenvalue weighted by Crippen LogP contribution is 2.54. The lowest BCUT2D eigenvalue weighted by Crippen LogP contribution is -2.36. The molecule has 1 aromatic heterocycles. The SMILES string of the molecule is Cn1ncc([N+](=O)[O-])c1N1CCC(O)C(N=[N+]=[N-])C2(CC2)C1. The molecular formula is C12H17N7O3. The largest absolute Gasteiger partial charge is 0.393 e. The predicted molar refractivity (Wildman–Crippen MR) is 77.3 cm³/mol. The molecule has 2 aliphatic rings.